The molecule has 0 amide bonds. The van der Waals surface area contributed by atoms with Crippen molar-refractivity contribution in [2.75, 3.05) is 14.2 Å². The molecule has 0 radical (unpaired) electrons. The first-order chi connectivity index (χ1) is 13.2. The lowest BCUT2D eigenvalue weighted by atomic mass is 9.96. The second kappa shape index (κ2) is 8.56. The number of hydrogen-bond acceptors (Lipinski definition) is 3. The van der Waals surface area contributed by atoms with Gasteiger partial charge in [0.25, 0.3) is 0 Å². The number of benzene rings is 3. The quantitative estimate of drug-likeness (QED) is 0.607. The Hall–Kier alpha value is -3.04. The Balaban J connectivity index is 1.97. The summed E-state index contributed by atoms with van der Waals surface area (Å²) in [5.41, 5.74) is 12.6. The van der Waals surface area contributed by atoms with Gasteiger partial charge in [0.15, 0.2) is 0 Å². The van der Waals surface area contributed by atoms with E-state index in [-0.39, 0.29) is 0 Å². The first-order valence-electron chi connectivity index (χ1n) is 8.96. The van der Waals surface area contributed by atoms with Crippen molar-refractivity contribution in [3.63, 3.8) is 0 Å². The van der Waals surface area contributed by atoms with Crippen molar-refractivity contribution in [3.8, 4) is 22.6 Å². The normalized spacial score (nSPS) is 11.0. The molecule has 27 heavy (non-hydrogen) atoms. The minimum atomic E-state index is 0.370. The molecule has 3 nitrogen and oxygen atoms in total. The van der Waals surface area contributed by atoms with Gasteiger partial charge in [0.05, 0.1) is 14.2 Å². The summed E-state index contributed by atoms with van der Waals surface area (Å²) in [6.45, 7) is 2.52. The number of methoxy groups -OCH3 is 2. The summed E-state index contributed by atoms with van der Waals surface area (Å²) < 4.78 is 11.0. The molecule has 138 valence electrons. The lowest BCUT2D eigenvalue weighted by Gasteiger charge is -2.13. The molecule has 3 rings (SSSR count). The zero-order valence-electron chi connectivity index (χ0n) is 16.0. The molecular weight excluding hydrogens is 334 g/mol. The van der Waals surface area contributed by atoms with Crippen molar-refractivity contribution in [2.45, 2.75) is 13.5 Å². The van der Waals surface area contributed by atoms with Gasteiger partial charge >= 0.3 is 0 Å². The van der Waals surface area contributed by atoms with E-state index in [2.05, 4.69) is 61.5 Å². The van der Waals surface area contributed by atoms with Crippen LogP contribution in [0.3, 0.4) is 0 Å². The third-order valence-corrected chi connectivity index (χ3v) is 4.75. The van der Waals surface area contributed by atoms with Gasteiger partial charge in [0.1, 0.15) is 11.5 Å². The SMILES string of the molecule is COc1cc(/C=C/c2cccc(-c3ccccc3)c2C)cc(OC)c1CN. The van der Waals surface area contributed by atoms with Crippen LogP contribution >= 0.6 is 0 Å². The van der Waals surface area contributed by atoms with Crippen LogP contribution in [0.25, 0.3) is 23.3 Å². The highest BCUT2D eigenvalue weighted by Gasteiger charge is 2.10. The molecule has 0 aliphatic heterocycles. The molecule has 0 saturated heterocycles. The van der Waals surface area contributed by atoms with Gasteiger partial charge in [-0.1, -0.05) is 60.7 Å². The van der Waals surface area contributed by atoms with Crippen LogP contribution in [0.1, 0.15) is 22.3 Å². The van der Waals surface area contributed by atoms with Gasteiger partial charge in [-0.05, 0) is 46.9 Å². The summed E-state index contributed by atoms with van der Waals surface area (Å²) in [6, 6.07) is 20.8. The first kappa shape index (κ1) is 18.7. The number of rotatable bonds is 6. The molecule has 0 aliphatic rings. The van der Waals surface area contributed by atoms with Crippen LogP contribution in [-0.2, 0) is 6.54 Å². The van der Waals surface area contributed by atoms with Gasteiger partial charge in [-0.2, -0.15) is 0 Å². The fourth-order valence-electron chi connectivity index (χ4n) is 3.25. The van der Waals surface area contributed by atoms with Crippen molar-refractivity contribution in [2.24, 2.45) is 5.73 Å². The molecule has 0 saturated carbocycles. The number of nitrogens with two attached hydrogens (primary N) is 1. The van der Waals surface area contributed by atoms with Crippen LogP contribution in [-0.4, -0.2) is 14.2 Å². The van der Waals surface area contributed by atoms with Crippen LogP contribution in [0, 0.1) is 6.92 Å². The summed E-state index contributed by atoms with van der Waals surface area (Å²) in [5.74, 6) is 1.48. The average molecular weight is 359 g/mol. The van der Waals surface area contributed by atoms with Gasteiger partial charge in [-0.15, -0.1) is 0 Å². The van der Waals surface area contributed by atoms with Gasteiger partial charge in [-0.3, -0.25) is 0 Å². The molecule has 0 bridgehead atoms. The standard InChI is InChI=1S/C24H25NO2/c1-17-19(10-7-11-21(17)20-8-5-4-6-9-20)13-12-18-14-23(26-2)22(16-25)24(15-18)27-3/h4-15H,16,25H2,1-3H3/b13-12+. The Labute approximate surface area is 161 Å². The summed E-state index contributed by atoms with van der Waals surface area (Å²) in [7, 11) is 3.30. The van der Waals surface area contributed by atoms with Crippen molar-refractivity contribution in [1.29, 1.82) is 0 Å². The smallest absolute Gasteiger partial charge is 0.127 e. The molecule has 0 spiro atoms. The molecule has 0 heterocycles. The number of hydrogen-bond donors (Lipinski definition) is 1. The zero-order valence-corrected chi connectivity index (χ0v) is 16.0. The highest BCUT2D eigenvalue weighted by atomic mass is 16.5. The van der Waals surface area contributed by atoms with E-state index in [1.165, 1.54) is 22.3 Å². The average Bonchev–Trinajstić information content (AvgIpc) is 2.72. The molecule has 3 aromatic rings. The molecule has 0 fully saturated rings. The Morgan fingerprint density at radius 1 is 0.852 bits per heavy atom. The maximum Gasteiger partial charge on any atom is 0.127 e. The third kappa shape index (κ3) is 4.04. The topological polar surface area (TPSA) is 44.5 Å². The van der Waals surface area contributed by atoms with Crippen molar-refractivity contribution >= 4 is 12.2 Å². The fraction of sp³-hybridized carbons (Fsp3) is 0.167. The van der Waals surface area contributed by atoms with Crippen LogP contribution in [0.2, 0.25) is 0 Å². The molecule has 0 aliphatic carbocycles. The summed E-state index contributed by atoms with van der Waals surface area (Å²) >= 11 is 0. The molecule has 0 atom stereocenters. The lowest BCUT2D eigenvalue weighted by molar-refractivity contribution is 0.385. The van der Waals surface area contributed by atoms with Gasteiger partial charge in [0.2, 0.25) is 0 Å². The monoisotopic (exact) mass is 359 g/mol. The van der Waals surface area contributed by atoms with Gasteiger partial charge in [0, 0.05) is 12.1 Å². The van der Waals surface area contributed by atoms with Crippen LogP contribution in [0.15, 0.2) is 60.7 Å². The van der Waals surface area contributed by atoms with Crippen molar-refractivity contribution in [1.82, 2.24) is 0 Å². The van der Waals surface area contributed by atoms with Gasteiger partial charge < -0.3 is 15.2 Å². The summed E-state index contributed by atoms with van der Waals surface area (Å²) in [6.07, 6.45) is 4.19. The molecular formula is C24H25NO2. The molecule has 3 aromatic carbocycles. The Morgan fingerprint density at radius 3 is 2.11 bits per heavy atom. The van der Waals surface area contributed by atoms with Crippen molar-refractivity contribution < 1.29 is 9.47 Å². The first-order valence-corrected chi connectivity index (χ1v) is 8.96. The summed E-state index contributed by atoms with van der Waals surface area (Å²) in [5, 5.41) is 0. The Morgan fingerprint density at radius 2 is 1.52 bits per heavy atom. The van der Waals surface area contributed by atoms with Gasteiger partial charge in [-0.25, -0.2) is 0 Å². The molecule has 3 heteroatoms. The fourth-order valence-corrected chi connectivity index (χ4v) is 3.25. The second-order valence-electron chi connectivity index (χ2n) is 6.33. The van der Waals surface area contributed by atoms with E-state index in [9.17, 15) is 0 Å². The van der Waals surface area contributed by atoms with Crippen LogP contribution in [0.4, 0.5) is 0 Å². The predicted molar refractivity (Wildman–Crippen MR) is 113 cm³/mol. The molecule has 0 aromatic heterocycles. The van der Waals surface area contributed by atoms with Crippen LogP contribution < -0.4 is 15.2 Å². The minimum Gasteiger partial charge on any atom is -0.496 e. The third-order valence-electron chi connectivity index (χ3n) is 4.75. The Kier molecular flexibility index (Phi) is 5.94. The number of ether oxygens (including phenoxy) is 2. The molecule has 0 unspecified atom stereocenters. The van der Waals surface area contributed by atoms with E-state index < -0.39 is 0 Å². The minimum absolute atomic E-state index is 0.370. The highest BCUT2D eigenvalue weighted by molar-refractivity contribution is 5.78. The lowest BCUT2D eigenvalue weighted by Crippen LogP contribution is -2.03. The maximum absolute atomic E-state index is 5.83. The predicted octanol–water partition coefficient (Wildman–Crippen LogP) is 5.31. The van der Waals surface area contributed by atoms with Crippen molar-refractivity contribution in [3.05, 3.63) is 82.9 Å². The highest BCUT2D eigenvalue weighted by Crippen LogP contribution is 2.31. The van der Waals surface area contributed by atoms with E-state index in [0.717, 1.165) is 22.6 Å². The summed E-state index contributed by atoms with van der Waals surface area (Å²) in [4.78, 5) is 0. The van der Waals surface area contributed by atoms with E-state index in [1.807, 2.05) is 18.2 Å². The van der Waals surface area contributed by atoms with Crippen LogP contribution in [0.5, 0.6) is 11.5 Å². The van der Waals surface area contributed by atoms with E-state index >= 15 is 0 Å². The molecule has 2 N–H and O–H groups in total. The maximum atomic E-state index is 5.83. The van der Waals surface area contributed by atoms with E-state index in [1.54, 1.807) is 14.2 Å². The van der Waals surface area contributed by atoms with E-state index in [0.29, 0.717) is 6.54 Å². The second-order valence-corrected chi connectivity index (χ2v) is 6.33. The zero-order chi connectivity index (χ0) is 19.2. The largest absolute Gasteiger partial charge is 0.496 e. The Bertz CT molecular complexity index is 921. The van der Waals surface area contributed by atoms with E-state index in [4.69, 9.17) is 15.2 Å².